The van der Waals surface area contributed by atoms with Crippen LogP contribution >= 0.6 is 11.6 Å². The van der Waals surface area contributed by atoms with E-state index in [1.165, 1.54) is 6.07 Å². The number of hydrogen-bond donors (Lipinski definition) is 2. The van der Waals surface area contributed by atoms with Gasteiger partial charge < -0.3 is 5.11 Å². The van der Waals surface area contributed by atoms with Crippen LogP contribution in [0.1, 0.15) is 24.8 Å². The standard InChI is InChI=1S/C13H18ClNO3S/c1-9-5-6-11(14)7-13(9)19(17,18)15-8-10-3-2-4-12(10)16/h5-7,10,12,15-16H,2-4,8H2,1H3. The number of aliphatic hydroxyl groups excluding tert-OH is 1. The second-order valence-corrected chi connectivity index (χ2v) is 7.19. The molecule has 1 aromatic carbocycles. The molecule has 0 bridgehead atoms. The molecule has 0 saturated heterocycles. The Balaban J connectivity index is 2.12. The smallest absolute Gasteiger partial charge is 0.240 e. The van der Waals surface area contributed by atoms with E-state index in [0.717, 1.165) is 19.3 Å². The maximum absolute atomic E-state index is 12.2. The highest BCUT2D eigenvalue weighted by Gasteiger charge is 2.27. The number of hydrogen-bond acceptors (Lipinski definition) is 3. The van der Waals surface area contributed by atoms with Crippen molar-refractivity contribution in [2.75, 3.05) is 6.54 Å². The Labute approximate surface area is 118 Å². The first kappa shape index (κ1) is 14.8. The summed E-state index contributed by atoms with van der Waals surface area (Å²) < 4.78 is 27.0. The molecular weight excluding hydrogens is 286 g/mol. The summed E-state index contributed by atoms with van der Waals surface area (Å²) >= 11 is 5.84. The highest BCUT2D eigenvalue weighted by molar-refractivity contribution is 7.89. The summed E-state index contributed by atoms with van der Waals surface area (Å²) in [5.41, 5.74) is 0.656. The fourth-order valence-corrected chi connectivity index (χ4v) is 4.01. The van der Waals surface area contributed by atoms with Crippen LogP contribution < -0.4 is 4.72 Å². The Hall–Kier alpha value is -0.620. The quantitative estimate of drug-likeness (QED) is 0.895. The number of sulfonamides is 1. The second kappa shape index (κ2) is 5.79. The molecule has 2 atom stereocenters. The van der Waals surface area contributed by atoms with Crippen molar-refractivity contribution in [2.24, 2.45) is 5.92 Å². The third-order valence-corrected chi connectivity index (χ3v) is 5.39. The van der Waals surface area contributed by atoms with Crippen LogP contribution in [0.2, 0.25) is 5.02 Å². The number of aryl methyl sites for hydroxylation is 1. The minimum absolute atomic E-state index is 0.00858. The van der Waals surface area contributed by atoms with Crippen molar-refractivity contribution >= 4 is 21.6 Å². The zero-order valence-corrected chi connectivity index (χ0v) is 12.3. The molecule has 106 valence electrons. The Morgan fingerprint density at radius 1 is 1.42 bits per heavy atom. The zero-order valence-electron chi connectivity index (χ0n) is 10.8. The lowest BCUT2D eigenvalue weighted by atomic mass is 10.1. The minimum Gasteiger partial charge on any atom is -0.393 e. The molecular formula is C13H18ClNO3S. The van der Waals surface area contributed by atoms with Crippen LogP contribution in [0.3, 0.4) is 0 Å². The molecule has 0 aliphatic heterocycles. The third kappa shape index (κ3) is 3.48. The van der Waals surface area contributed by atoms with Gasteiger partial charge in [-0.3, -0.25) is 0 Å². The van der Waals surface area contributed by atoms with Crippen molar-refractivity contribution in [1.29, 1.82) is 0 Å². The summed E-state index contributed by atoms with van der Waals surface area (Å²) in [6.45, 7) is 2.00. The van der Waals surface area contributed by atoms with Crippen molar-refractivity contribution in [3.05, 3.63) is 28.8 Å². The Morgan fingerprint density at radius 2 is 2.16 bits per heavy atom. The van der Waals surface area contributed by atoms with Crippen molar-refractivity contribution < 1.29 is 13.5 Å². The predicted octanol–water partition coefficient (Wildman–Crippen LogP) is 2.09. The number of nitrogens with one attached hydrogen (secondary N) is 1. The van der Waals surface area contributed by atoms with Gasteiger partial charge in [0, 0.05) is 11.6 Å². The van der Waals surface area contributed by atoms with E-state index in [1.807, 2.05) is 0 Å². The van der Waals surface area contributed by atoms with Gasteiger partial charge in [0.2, 0.25) is 10.0 Å². The molecule has 1 aliphatic carbocycles. The van der Waals surface area contributed by atoms with Crippen molar-refractivity contribution in [2.45, 2.75) is 37.2 Å². The SMILES string of the molecule is Cc1ccc(Cl)cc1S(=O)(=O)NCC1CCCC1O. The lowest BCUT2D eigenvalue weighted by molar-refractivity contribution is 0.134. The summed E-state index contributed by atoms with van der Waals surface area (Å²) in [4.78, 5) is 0.201. The van der Waals surface area contributed by atoms with Gasteiger partial charge in [0.25, 0.3) is 0 Å². The fraction of sp³-hybridized carbons (Fsp3) is 0.538. The van der Waals surface area contributed by atoms with E-state index in [-0.39, 0.29) is 17.4 Å². The van der Waals surface area contributed by atoms with E-state index in [4.69, 9.17) is 11.6 Å². The van der Waals surface area contributed by atoms with Crippen LogP contribution in [-0.2, 0) is 10.0 Å². The first-order chi connectivity index (χ1) is 8.90. The van der Waals surface area contributed by atoms with Crippen molar-refractivity contribution in [3.63, 3.8) is 0 Å². The van der Waals surface area contributed by atoms with Crippen LogP contribution in [0.4, 0.5) is 0 Å². The van der Waals surface area contributed by atoms with E-state index in [1.54, 1.807) is 19.1 Å². The monoisotopic (exact) mass is 303 g/mol. The summed E-state index contributed by atoms with van der Waals surface area (Å²) in [7, 11) is -3.57. The van der Waals surface area contributed by atoms with E-state index in [0.29, 0.717) is 10.6 Å². The van der Waals surface area contributed by atoms with Crippen LogP contribution in [0.15, 0.2) is 23.1 Å². The van der Waals surface area contributed by atoms with Gasteiger partial charge >= 0.3 is 0 Å². The van der Waals surface area contributed by atoms with Gasteiger partial charge in [0.1, 0.15) is 0 Å². The molecule has 1 saturated carbocycles. The summed E-state index contributed by atoms with van der Waals surface area (Å²) in [5, 5.41) is 10.1. The van der Waals surface area contributed by atoms with Gasteiger partial charge in [-0.05, 0) is 43.4 Å². The first-order valence-corrected chi connectivity index (χ1v) is 8.20. The average molecular weight is 304 g/mol. The van der Waals surface area contributed by atoms with Crippen molar-refractivity contribution in [3.8, 4) is 0 Å². The molecule has 2 rings (SSSR count). The largest absolute Gasteiger partial charge is 0.393 e. The molecule has 6 heteroatoms. The molecule has 1 fully saturated rings. The van der Waals surface area contributed by atoms with Gasteiger partial charge in [-0.15, -0.1) is 0 Å². The average Bonchev–Trinajstić information content (AvgIpc) is 2.75. The second-order valence-electron chi connectivity index (χ2n) is 5.02. The van der Waals surface area contributed by atoms with E-state index < -0.39 is 16.1 Å². The molecule has 0 spiro atoms. The van der Waals surface area contributed by atoms with Crippen molar-refractivity contribution in [1.82, 2.24) is 4.72 Å². The van der Waals surface area contributed by atoms with E-state index in [2.05, 4.69) is 4.72 Å². The summed E-state index contributed by atoms with van der Waals surface area (Å²) in [5.74, 6) is 0.00858. The molecule has 2 unspecified atom stereocenters. The lowest BCUT2D eigenvalue weighted by Gasteiger charge is -2.16. The highest BCUT2D eigenvalue weighted by atomic mass is 35.5. The first-order valence-electron chi connectivity index (χ1n) is 6.34. The third-order valence-electron chi connectivity index (χ3n) is 3.59. The molecule has 0 amide bonds. The molecule has 4 nitrogen and oxygen atoms in total. The van der Waals surface area contributed by atoms with Crippen LogP contribution in [0, 0.1) is 12.8 Å². The number of halogens is 1. The van der Waals surface area contributed by atoms with Crippen LogP contribution in [0.5, 0.6) is 0 Å². The predicted molar refractivity (Wildman–Crippen MR) is 74.7 cm³/mol. The molecule has 0 aromatic heterocycles. The van der Waals surface area contributed by atoms with E-state index >= 15 is 0 Å². The topological polar surface area (TPSA) is 66.4 Å². The van der Waals surface area contributed by atoms with Gasteiger partial charge in [-0.25, -0.2) is 13.1 Å². The normalized spacial score (nSPS) is 23.7. The molecule has 19 heavy (non-hydrogen) atoms. The van der Waals surface area contributed by atoms with E-state index in [9.17, 15) is 13.5 Å². The van der Waals surface area contributed by atoms with Crippen LogP contribution in [-0.4, -0.2) is 26.2 Å². The molecule has 1 aliphatic rings. The Morgan fingerprint density at radius 3 is 2.79 bits per heavy atom. The molecule has 1 aromatic rings. The van der Waals surface area contributed by atoms with Crippen LogP contribution in [0.25, 0.3) is 0 Å². The van der Waals surface area contributed by atoms with Gasteiger partial charge in [-0.1, -0.05) is 24.1 Å². The summed E-state index contributed by atoms with van der Waals surface area (Å²) in [6.07, 6.45) is 2.16. The van der Waals surface area contributed by atoms with Gasteiger partial charge in [-0.2, -0.15) is 0 Å². The summed E-state index contributed by atoms with van der Waals surface area (Å²) in [6, 6.07) is 4.79. The maximum Gasteiger partial charge on any atom is 0.240 e. The number of rotatable bonds is 4. The molecule has 0 heterocycles. The number of aliphatic hydroxyl groups is 1. The van der Waals surface area contributed by atoms with Gasteiger partial charge in [0.05, 0.1) is 11.0 Å². The Bertz CT molecular complexity index is 559. The molecule has 2 N–H and O–H groups in total. The molecule has 0 radical (unpaired) electrons. The van der Waals surface area contributed by atoms with Gasteiger partial charge in [0.15, 0.2) is 0 Å². The fourth-order valence-electron chi connectivity index (χ4n) is 2.41. The maximum atomic E-state index is 12.2. The Kier molecular flexibility index (Phi) is 4.50. The lowest BCUT2D eigenvalue weighted by Crippen LogP contribution is -2.32. The number of benzene rings is 1. The highest BCUT2D eigenvalue weighted by Crippen LogP contribution is 2.26. The minimum atomic E-state index is -3.57. The zero-order chi connectivity index (χ0) is 14.0.